The summed E-state index contributed by atoms with van der Waals surface area (Å²) >= 11 is 7.61. The van der Waals surface area contributed by atoms with Crippen LogP contribution in [0.2, 0.25) is 5.02 Å². The van der Waals surface area contributed by atoms with Gasteiger partial charge in [0.25, 0.3) is 5.91 Å². The van der Waals surface area contributed by atoms with Gasteiger partial charge in [-0.05, 0) is 49.2 Å². The van der Waals surface area contributed by atoms with Gasteiger partial charge in [0.15, 0.2) is 4.80 Å². The molecule has 3 aromatic rings. The van der Waals surface area contributed by atoms with E-state index in [1.807, 2.05) is 4.57 Å². The lowest BCUT2D eigenvalue weighted by Gasteiger charge is -2.04. The maximum Gasteiger partial charge on any atom is 0.281 e. The highest BCUT2D eigenvalue weighted by molar-refractivity contribution is 7.16. The van der Waals surface area contributed by atoms with E-state index in [1.165, 1.54) is 22.5 Å². The molecule has 0 spiro atoms. The highest BCUT2D eigenvalue weighted by Gasteiger charge is 2.11. The molecule has 3 rings (SSSR count). The normalized spacial score (nSPS) is 11.9. The highest BCUT2D eigenvalue weighted by atomic mass is 35.5. The summed E-state index contributed by atoms with van der Waals surface area (Å²) in [7, 11) is 0. The van der Waals surface area contributed by atoms with Gasteiger partial charge in [0, 0.05) is 6.54 Å². The predicted molar refractivity (Wildman–Crippen MR) is 101 cm³/mol. The topological polar surface area (TPSA) is 34.4 Å². The number of benzene rings is 2. The Kier molecular flexibility index (Phi) is 4.69. The van der Waals surface area contributed by atoms with Gasteiger partial charge in [0.2, 0.25) is 0 Å². The van der Waals surface area contributed by atoms with Gasteiger partial charge in [-0.1, -0.05) is 41.1 Å². The van der Waals surface area contributed by atoms with Crippen molar-refractivity contribution in [2.45, 2.75) is 20.4 Å². The summed E-state index contributed by atoms with van der Waals surface area (Å²) in [5, 5.41) is 0.411. The number of hydrogen-bond acceptors (Lipinski definition) is 2. The van der Waals surface area contributed by atoms with Crippen LogP contribution in [-0.2, 0) is 6.54 Å². The average molecular weight is 357 g/mol. The van der Waals surface area contributed by atoms with Crippen molar-refractivity contribution in [3.8, 4) is 0 Å². The van der Waals surface area contributed by atoms with Crippen LogP contribution in [0.15, 0.2) is 54.0 Å². The Morgan fingerprint density at radius 3 is 2.71 bits per heavy atom. The third-order valence-electron chi connectivity index (χ3n) is 3.91. The third kappa shape index (κ3) is 3.07. The zero-order valence-electron chi connectivity index (χ0n) is 13.5. The summed E-state index contributed by atoms with van der Waals surface area (Å²) in [4.78, 5) is 17.5. The van der Waals surface area contributed by atoms with Crippen LogP contribution >= 0.6 is 22.9 Å². The fourth-order valence-corrected chi connectivity index (χ4v) is 3.83. The van der Waals surface area contributed by atoms with Gasteiger partial charge in [0.1, 0.15) is 0 Å². The predicted octanol–water partition coefficient (Wildman–Crippen LogP) is 4.90. The minimum Gasteiger partial charge on any atom is -0.312 e. The molecular weight excluding hydrogens is 340 g/mol. The van der Waals surface area contributed by atoms with Gasteiger partial charge in [-0.3, -0.25) is 4.79 Å². The Labute approximate surface area is 149 Å². The molecule has 0 bridgehead atoms. The number of allylic oxidation sites excluding steroid dienone is 1. The van der Waals surface area contributed by atoms with Crippen molar-refractivity contribution in [1.29, 1.82) is 0 Å². The molecule has 5 heteroatoms. The number of fused-ring (bicyclic) bond motifs is 1. The van der Waals surface area contributed by atoms with Crippen LogP contribution in [0.25, 0.3) is 10.2 Å². The molecule has 0 aliphatic carbocycles. The molecule has 2 aromatic carbocycles. The number of aryl methyl sites for hydroxylation is 2. The first-order chi connectivity index (χ1) is 11.5. The minimum absolute atomic E-state index is 0.335. The molecule has 0 saturated carbocycles. The van der Waals surface area contributed by atoms with Crippen LogP contribution in [0.5, 0.6) is 0 Å². The summed E-state index contributed by atoms with van der Waals surface area (Å²) in [5.74, 6) is -0.335. The first kappa shape index (κ1) is 16.7. The molecule has 0 aliphatic rings. The fraction of sp³-hybridized carbons (Fsp3) is 0.158. The second-order valence-electron chi connectivity index (χ2n) is 5.58. The maximum absolute atomic E-state index is 12.5. The molecule has 1 amide bonds. The smallest absolute Gasteiger partial charge is 0.281 e. The number of thiazole rings is 1. The molecule has 0 radical (unpaired) electrons. The number of hydrogen-bond donors (Lipinski definition) is 0. The molecule has 0 aliphatic heterocycles. The number of nitrogens with zero attached hydrogens (tertiary/aromatic N) is 2. The largest absolute Gasteiger partial charge is 0.312 e. The standard InChI is InChI=1S/C19H17ClN2OS/c1-4-9-22-16-10-12(2)13(3)11-17(16)24-19(22)21-18(23)14-7-5-6-8-15(14)20/h4-8,10-11H,1,9H2,2-3H3. The van der Waals surface area contributed by atoms with E-state index < -0.39 is 0 Å². The summed E-state index contributed by atoms with van der Waals surface area (Å²) in [6, 6.07) is 11.2. The molecule has 0 atom stereocenters. The van der Waals surface area contributed by atoms with Gasteiger partial charge in [-0.25, -0.2) is 0 Å². The second kappa shape index (κ2) is 6.75. The van der Waals surface area contributed by atoms with Crippen molar-refractivity contribution in [2.75, 3.05) is 0 Å². The van der Waals surface area contributed by atoms with Crippen molar-refractivity contribution in [2.24, 2.45) is 4.99 Å². The Morgan fingerprint density at radius 2 is 2.00 bits per heavy atom. The first-order valence-electron chi connectivity index (χ1n) is 7.56. The van der Waals surface area contributed by atoms with E-state index in [0.29, 0.717) is 21.9 Å². The summed E-state index contributed by atoms with van der Waals surface area (Å²) in [5.41, 5.74) is 3.91. The number of amides is 1. The Morgan fingerprint density at radius 1 is 1.29 bits per heavy atom. The van der Waals surface area contributed by atoms with E-state index in [9.17, 15) is 4.79 Å². The van der Waals surface area contributed by atoms with Crippen molar-refractivity contribution in [3.05, 3.63) is 75.6 Å². The monoisotopic (exact) mass is 356 g/mol. The van der Waals surface area contributed by atoms with Gasteiger partial charge in [0.05, 0.1) is 20.8 Å². The highest BCUT2D eigenvalue weighted by Crippen LogP contribution is 2.22. The zero-order chi connectivity index (χ0) is 17.3. The Hall–Kier alpha value is -2.17. The number of carbonyl (C=O) groups is 1. The summed E-state index contributed by atoms with van der Waals surface area (Å²) < 4.78 is 3.11. The Bertz CT molecular complexity index is 1010. The lowest BCUT2D eigenvalue weighted by molar-refractivity contribution is 0.0998. The molecule has 24 heavy (non-hydrogen) atoms. The van der Waals surface area contributed by atoms with Crippen LogP contribution in [0.4, 0.5) is 0 Å². The first-order valence-corrected chi connectivity index (χ1v) is 8.76. The van der Waals surface area contributed by atoms with E-state index in [4.69, 9.17) is 11.6 Å². The van der Waals surface area contributed by atoms with E-state index in [2.05, 4.69) is 37.6 Å². The summed E-state index contributed by atoms with van der Waals surface area (Å²) in [6.07, 6.45) is 1.81. The van der Waals surface area contributed by atoms with Gasteiger partial charge in [-0.15, -0.1) is 6.58 Å². The lowest BCUT2D eigenvalue weighted by atomic mass is 10.1. The average Bonchev–Trinajstić information content (AvgIpc) is 2.85. The molecule has 0 fully saturated rings. The lowest BCUT2D eigenvalue weighted by Crippen LogP contribution is -2.16. The SMILES string of the molecule is C=CCn1c(=NC(=O)c2ccccc2Cl)sc2cc(C)c(C)cc21. The number of rotatable bonds is 3. The molecule has 1 heterocycles. The molecule has 3 nitrogen and oxygen atoms in total. The third-order valence-corrected chi connectivity index (χ3v) is 5.28. The van der Waals surface area contributed by atoms with Crippen molar-refractivity contribution in [3.63, 3.8) is 0 Å². The van der Waals surface area contributed by atoms with Gasteiger partial charge in [-0.2, -0.15) is 4.99 Å². The molecule has 0 saturated heterocycles. The maximum atomic E-state index is 12.5. The fourth-order valence-electron chi connectivity index (χ4n) is 2.49. The van der Waals surface area contributed by atoms with E-state index in [0.717, 1.165) is 10.2 Å². The van der Waals surface area contributed by atoms with E-state index in [-0.39, 0.29) is 5.91 Å². The molecule has 122 valence electrons. The second-order valence-corrected chi connectivity index (χ2v) is 7.00. The number of carbonyl (C=O) groups excluding carboxylic acids is 1. The zero-order valence-corrected chi connectivity index (χ0v) is 15.1. The molecule has 0 unspecified atom stereocenters. The number of aromatic nitrogens is 1. The van der Waals surface area contributed by atoms with Crippen molar-refractivity contribution >= 4 is 39.1 Å². The Balaban J connectivity index is 2.21. The quantitative estimate of drug-likeness (QED) is 0.614. The van der Waals surface area contributed by atoms with Crippen LogP contribution in [0.3, 0.4) is 0 Å². The van der Waals surface area contributed by atoms with Crippen LogP contribution < -0.4 is 4.80 Å². The van der Waals surface area contributed by atoms with E-state index in [1.54, 1.807) is 30.3 Å². The minimum atomic E-state index is -0.335. The van der Waals surface area contributed by atoms with Crippen molar-refractivity contribution < 1.29 is 4.79 Å². The van der Waals surface area contributed by atoms with Crippen molar-refractivity contribution in [1.82, 2.24) is 4.57 Å². The summed E-state index contributed by atoms with van der Waals surface area (Å²) in [6.45, 7) is 8.57. The van der Waals surface area contributed by atoms with Crippen LogP contribution in [-0.4, -0.2) is 10.5 Å². The van der Waals surface area contributed by atoms with Gasteiger partial charge >= 0.3 is 0 Å². The van der Waals surface area contributed by atoms with E-state index >= 15 is 0 Å². The van der Waals surface area contributed by atoms with Gasteiger partial charge < -0.3 is 4.57 Å². The molecular formula is C19H17ClN2OS. The van der Waals surface area contributed by atoms with Crippen LogP contribution in [0.1, 0.15) is 21.5 Å². The molecule has 0 N–H and O–H groups in total. The number of halogens is 1. The molecule has 1 aromatic heterocycles. The van der Waals surface area contributed by atoms with Crippen LogP contribution in [0, 0.1) is 13.8 Å².